The summed E-state index contributed by atoms with van der Waals surface area (Å²) < 4.78 is 6.85. The van der Waals surface area contributed by atoms with Crippen molar-refractivity contribution in [2.24, 2.45) is 0 Å². The highest BCUT2D eigenvalue weighted by Gasteiger charge is 2.23. The third-order valence-corrected chi connectivity index (χ3v) is 5.52. The Morgan fingerprint density at radius 1 is 1.30 bits per heavy atom. The number of benzene rings is 1. The zero-order valence-corrected chi connectivity index (χ0v) is 17.2. The van der Waals surface area contributed by atoms with Crippen LogP contribution in [0.25, 0.3) is 22.6 Å². The SMILES string of the molecule is CN(C)C1CCN(CCOc2ccc(-c3nc4cc(Br)cnc4[nH]3)cc2)C1. The summed E-state index contributed by atoms with van der Waals surface area (Å²) in [6, 6.07) is 10.7. The van der Waals surface area contributed by atoms with Crippen LogP contribution in [0.3, 0.4) is 0 Å². The fraction of sp³-hybridized carbons (Fsp3) is 0.400. The molecule has 1 aliphatic rings. The van der Waals surface area contributed by atoms with E-state index in [-0.39, 0.29) is 0 Å². The number of likely N-dealkylation sites (tertiary alicyclic amines) is 1. The molecule has 1 unspecified atom stereocenters. The van der Waals surface area contributed by atoms with Crippen molar-refractivity contribution < 1.29 is 4.74 Å². The predicted molar refractivity (Wildman–Crippen MR) is 111 cm³/mol. The molecule has 2 aromatic heterocycles. The number of likely N-dealkylation sites (N-methyl/N-ethyl adjacent to an activating group) is 1. The average Bonchev–Trinajstić information content (AvgIpc) is 3.29. The molecular weight excluding hydrogens is 406 g/mol. The van der Waals surface area contributed by atoms with E-state index in [9.17, 15) is 0 Å². The molecular formula is C20H24BrN5O. The monoisotopic (exact) mass is 429 g/mol. The Balaban J connectivity index is 1.33. The van der Waals surface area contributed by atoms with E-state index in [0.717, 1.165) is 52.4 Å². The van der Waals surface area contributed by atoms with Crippen LogP contribution in [-0.2, 0) is 0 Å². The van der Waals surface area contributed by atoms with Crippen LogP contribution in [0.4, 0.5) is 0 Å². The van der Waals surface area contributed by atoms with Gasteiger partial charge in [0.05, 0.1) is 0 Å². The van der Waals surface area contributed by atoms with E-state index in [4.69, 9.17) is 4.74 Å². The van der Waals surface area contributed by atoms with Crippen LogP contribution in [0.15, 0.2) is 41.0 Å². The van der Waals surface area contributed by atoms with E-state index in [2.05, 4.69) is 54.8 Å². The zero-order valence-electron chi connectivity index (χ0n) is 15.7. The lowest BCUT2D eigenvalue weighted by Crippen LogP contribution is -2.33. The van der Waals surface area contributed by atoms with Gasteiger partial charge in [-0.3, -0.25) is 4.90 Å². The highest BCUT2D eigenvalue weighted by atomic mass is 79.9. The van der Waals surface area contributed by atoms with Crippen molar-refractivity contribution in [3.63, 3.8) is 0 Å². The van der Waals surface area contributed by atoms with Crippen LogP contribution in [-0.4, -0.2) is 71.1 Å². The van der Waals surface area contributed by atoms with Crippen molar-refractivity contribution >= 4 is 27.1 Å². The standard InChI is InChI=1S/C20H24BrN5O/c1-25(2)16-7-8-26(13-16)9-10-27-17-5-3-14(4-6-17)19-23-18-11-15(21)12-22-20(18)24-19/h3-6,11-12,16H,7-10,13H2,1-2H3,(H,22,23,24). The summed E-state index contributed by atoms with van der Waals surface area (Å²) in [5.74, 6) is 1.70. The first-order valence-corrected chi connectivity index (χ1v) is 10.0. The van der Waals surface area contributed by atoms with Gasteiger partial charge in [-0.05, 0) is 73.3 Å². The van der Waals surface area contributed by atoms with Gasteiger partial charge in [-0.15, -0.1) is 0 Å². The largest absolute Gasteiger partial charge is 0.492 e. The number of nitrogens with one attached hydrogen (secondary N) is 1. The number of ether oxygens (including phenoxy) is 1. The molecule has 1 fully saturated rings. The van der Waals surface area contributed by atoms with Gasteiger partial charge in [0.15, 0.2) is 5.65 Å². The lowest BCUT2D eigenvalue weighted by atomic mass is 10.2. The number of rotatable bonds is 6. The average molecular weight is 430 g/mol. The molecule has 0 spiro atoms. The summed E-state index contributed by atoms with van der Waals surface area (Å²) >= 11 is 3.43. The second kappa shape index (κ2) is 7.96. The molecule has 0 aliphatic carbocycles. The Labute approximate surface area is 167 Å². The summed E-state index contributed by atoms with van der Waals surface area (Å²) in [7, 11) is 4.31. The lowest BCUT2D eigenvalue weighted by molar-refractivity contribution is 0.221. The van der Waals surface area contributed by atoms with Gasteiger partial charge in [-0.1, -0.05) is 0 Å². The normalized spacial score (nSPS) is 17.9. The van der Waals surface area contributed by atoms with Crippen molar-refractivity contribution in [2.75, 3.05) is 40.3 Å². The van der Waals surface area contributed by atoms with E-state index in [1.165, 1.54) is 6.42 Å². The fourth-order valence-corrected chi connectivity index (χ4v) is 3.77. The second-order valence-corrected chi connectivity index (χ2v) is 8.10. The minimum Gasteiger partial charge on any atom is -0.492 e. The molecule has 1 aromatic carbocycles. The third-order valence-electron chi connectivity index (χ3n) is 5.09. The molecule has 1 aliphatic heterocycles. The van der Waals surface area contributed by atoms with Crippen LogP contribution < -0.4 is 4.74 Å². The summed E-state index contributed by atoms with van der Waals surface area (Å²) in [5, 5.41) is 0. The number of fused-ring (bicyclic) bond motifs is 1. The Morgan fingerprint density at radius 3 is 2.85 bits per heavy atom. The second-order valence-electron chi connectivity index (χ2n) is 7.19. The predicted octanol–water partition coefficient (Wildman–Crippen LogP) is 3.40. The van der Waals surface area contributed by atoms with Gasteiger partial charge in [0, 0.05) is 35.4 Å². The maximum atomic E-state index is 5.92. The lowest BCUT2D eigenvalue weighted by Gasteiger charge is -2.20. The van der Waals surface area contributed by atoms with Crippen molar-refractivity contribution in [1.29, 1.82) is 0 Å². The van der Waals surface area contributed by atoms with E-state index in [0.29, 0.717) is 12.6 Å². The van der Waals surface area contributed by atoms with Crippen molar-refractivity contribution in [2.45, 2.75) is 12.5 Å². The first kappa shape index (κ1) is 18.4. The summed E-state index contributed by atoms with van der Waals surface area (Å²) in [6.45, 7) is 3.96. The van der Waals surface area contributed by atoms with Crippen LogP contribution in [0.1, 0.15) is 6.42 Å². The number of halogens is 1. The fourth-order valence-electron chi connectivity index (χ4n) is 3.45. The highest BCUT2D eigenvalue weighted by molar-refractivity contribution is 9.10. The number of nitrogens with zero attached hydrogens (tertiary/aromatic N) is 4. The van der Waals surface area contributed by atoms with Crippen molar-refractivity contribution in [1.82, 2.24) is 24.8 Å². The highest BCUT2D eigenvalue weighted by Crippen LogP contribution is 2.23. The molecule has 3 heterocycles. The van der Waals surface area contributed by atoms with Gasteiger partial charge in [0.1, 0.15) is 23.7 Å². The summed E-state index contributed by atoms with van der Waals surface area (Å²) in [5.41, 5.74) is 2.65. The molecule has 1 saturated heterocycles. The molecule has 1 atom stereocenters. The molecule has 6 nitrogen and oxygen atoms in total. The zero-order chi connectivity index (χ0) is 18.8. The number of imidazole rings is 1. The smallest absolute Gasteiger partial charge is 0.157 e. The first-order chi connectivity index (χ1) is 13.1. The number of pyridine rings is 1. The van der Waals surface area contributed by atoms with Crippen LogP contribution in [0.5, 0.6) is 5.75 Å². The molecule has 7 heteroatoms. The molecule has 27 heavy (non-hydrogen) atoms. The maximum absolute atomic E-state index is 5.92. The quantitative estimate of drug-likeness (QED) is 0.650. The van der Waals surface area contributed by atoms with Gasteiger partial charge in [0.25, 0.3) is 0 Å². The Hall–Kier alpha value is -1.96. The van der Waals surface area contributed by atoms with Gasteiger partial charge >= 0.3 is 0 Å². The Kier molecular flexibility index (Phi) is 5.43. The minimum atomic E-state index is 0.670. The summed E-state index contributed by atoms with van der Waals surface area (Å²) in [4.78, 5) is 17.0. The number of H-pyrrole nitrogens is 1. The van der Waals surface area contributed by atoms with E-state index >= 15 is 0 Å². The van der Waals surface area contributed by atoms with Crippen LogP contribution in [0, 0.1) is 0 Å². The van der Waals surface area contributed by atoms with Gasteiger partial charge in [-0.2, -0.15) is 0 Å². The minimum absolute atomic E-state index is 0.670. The first-order valence-electron chi connectivity index (χ1n) is 9.22. The van der Waals surface area contributed by atoms with Gasteiger partial charge < -0.3 is 14.6 Å². The van der Waals surface area contributed by atoms with Crippen molar-refractivity contribution in [3.8, 4) is 17.1 Å². The van der Waals surface area contributed by atoms with Gasteiger partial charge in [-0.25, -0.2) is 9.97 Å². The Bertz CT molecular complexity index is 908. The molecule has 3 aromatic rings. The molecule has 142 valence electrons. The van der Waals surface area contributed by atoms with Crippen molar-refractivity contribution in [3.05, 3.63) is 41.0 Å². The van der Waals surface area contributed by atoms with E-state index in [1.807, 2.05) is 30.3 Å². The number of hydrogen-bond donors (Lipinski definition) is 1. The van der Waals surface area contributed by atoms with Crippen LogP contribution >= 0.6 is 15.9 Å². The van der Waals surface area contributed by atoms with E-state index in [1.54, 1.807) is 6.20 Å². The number of aromatic nitrogens is 3. The topological polar surface area (TPSA) is 57.3 Å². The van der Waals surface area contributed by atoms with Gasteiger partial charge in [0.2, 0.25) is 0 Å². The number of hydrogen-bond acceptors (Lipinski definition) is 5. The maximum Gasteiger partial charge on any atom is 0.157 e. The molecule has 4 rings (SSSR count). The molecule has 0 amide bonds. The molecule has 1 N–H and O–H groups in total. The summed E-state index contributed by atoms with van der Waals surface area (Å²) in [6.07, 6.45) is 3.01. The Morgan fingerprint density at radius 2 is 2.11 bits per heavy atom. The molecule has 0 saturated carbocycles. The molecule has 0 radical (unpaired) electrons. The van der Waals surface area contributed by atoms with E-state index < -0.39 is 0 Å². The third kappa shape index (κ3) is 4.31. The number of aromatic amines is 1. The van der Waals surface area contributed by atoms with Crippen LogP contribution in [0.2, 0.25) is 0 Å². The molecule has 0 bridgehead atoms.